The van der Waals surface area contributed by atoms with Crippen molar-refractivity contribution in [1.82, 2.24) is 10.7 Å². The summed E-state index contributed by atoms with van der Waals surface area (Å²) in [5.41, 5.74) is 1.72. The molecule has 0 bridgehead atoms. The van der Waals surface area contributed by atoms with E-state index in [1.54, 1.807) is 5.53 Å². The Balaban J connectivity index is 3.15. The molecule has 0 rings (SSSR count). The lowest BCUT2D eigenvalue weighted by Crippen LogP contribution is -2.22. The molecule has 0 fully saturated rings. The highest BCUT2D eigenvalue weighted by Crippen LogP contribution is 1.69. The van der Waals surface area contributed by atoms with Crippen molar-refractivity contribution in [1.29, 1.82) is 0 Å². The van der Waals surface area contributed by atoms with Crippen LogP contribution in [0, 0.1) is 9.81 Å². The third-order valence-corrected chi connectivity index (χ3v) is 0.308. The lowest BCUT2D eigenvalue weighted by Gasteiger charge is -1.99. The van der Waals surface area contributed by atoms with Crippen LogP contribution >= 0.6 is 0 Å². The van der Waals surface area contributed by atoms with E-state index in [-0.39, 0.29) is 0 Å². The number of hydrazine groups is 1. The maximum atomic E-state index is 9.31. The number of nitrogens with one attached hydrogen (secondary N) is 1. The van der Waals surface area contributed by atoms with Gasteiger partial charge in [-0.05, 0) is 0 Å². The van der Waals surface area contributed by atoms with Gasteiger partial charge in [0.2, 0.25) is 0 Å². The molecule has 6 heteroatoms. The molecule has 1 N–H and O–H groups in total. The molecule has 0 aliphatic carbocycles. The molecule has 0 heterocycles. The molecule has 0 aliphatic rings. The van der Waals surface area contributed by atoms with Gasteiger partial charge < -0.3 is 0 Å². The van der Waals surface area contributed by atoms with Crippen LogP contribution in [0.1, 0.15) is 0 Å². The molecule has 0 saturated carbocycles. The van der Waals surface area contributed by atoms with E-state index in [4.69, 9.17) is 0 Å². The molecular formula is CH4N4O2. The first-order valence-corrected chi connectivity index (χ1v) is 1.46. The van der Waals surface area contributed by atoms with E-state index in [1.807, 2.05) is 0 Å². The Hall–Kier alpha value is -1.20. The standard InChI is InChI=1S/CH4N4O2/c1-5(4-7)2-3-6/h1H3,(H,2,6). The van der Waals surface area contributed by atoms with Gasteiger partial charge in [-0.15, -0.1) is 9.81 Å². The van der Waals surface area contributed by atoms with Crippen LogP contribution in [-0.2, 0) is 0 Å². The molecular weight excluding hydrogens is 100 g/mol. The molecule has 0 aliphatic heterocycles. The maximum Gasteiger partial charge on any atom is 0.0743 e. The number of hydrogen-bond acceptors (Lipinski definition) is 4. The molecule has 0 aromatic rings. The van der Waals surface area contributed by atoms with Crippen molar-refractivity contribution in [3.8, 4) is 0 Å². The first-order chi connectivity index (χ1) is 3.31. The normalized spacial score (nSPS) is 7.00. The van der Waals surface area contributed by atoms with E-state index in [9.17, 15) is 9.81 Å². The second kappa shape index (κ2) is 3.01. The minimum Gasteiger partial charge on any atom is -0.163 e. The quantitative estimate of drug-likeness (QED) is 0.397. The van der Waals surface area contributed by atoms with Gasteiger partial charge in [0, 0.05) is 0 Å². The summed E-state index contributed by atoms with van der Waals surface area (Å²) in [5.74, 6) is 0. The van der Waals surface area contributed by atoms with Crippen molar-refractivity contribution in [2.45, 2.75) is 0 Å². The summed E-state index contributed by atoms with van der Waals surface area (Å²) >= 11 is 0. The third kappa shape index (κ3) is 2.61. The highest BCUT2D eigenvalue weighted by molar-refractivity contribution is 4.21. The third-order valence-electron chi connectivity index (χ3n) is 0.308. The molecule has 0 saturated heterocycles. The predicted molar refractivity (Wildman–Crippen MR) is 22.5 cm³/mol. The van der Waals surface area contributed by atoms with Crippen molar-refractivity contribution in [3.63, 3.8) is 0 Å². The second-order valence-corrected chi connectivity index (χ2v) is 0.797. The van der Waals surface area contributed by atoms with E-state index in [2.05, 4.69) is 10.6 Å². The molecule has 6 nitrogen and oxygen atoms in total. The van der Waals surface area contributed by atoms with Crippen molar-refractivity contribution in [2.75, 3.05) is 7.05 Å². The first kappa shape index (κ1) is 5.80. The maximum absolute atomic E-state index is 9.31. The fourth-order valence-corrected chi connectivity index (χ4v) is 0.0773. The van der Waals surface area contributed by atoms with Gasteiger partial charge in [0.25, 0.3) is 0 Å². The van der Waals surface area contributed by atoms with Gasteiger partial charge in [0.1, 0.15) is 0 Å². The Morgan fingerprint density at radius 3 is 2.29 bits per heavy atom. The first-order valence-electron chi connectivity index (χ1n) is 1.46. The van der Waals surface area contributed by atoms with E-state index >= 15 is 0 Å². The highest BCUT2D eigenvalue weighted by atomic mass is 16.3. The monoisotopic (exact) mass is 104 g/mol. The minimum absolute atomic E-state index is 0.646. The number of nitrogens with zero attached hydrogens (tertiary/aromatic N) is 3. The van der Waals surface area contributed by atoms with E-state index < -0.39 is 0 Å². The average Bonchev–Trinajstić information content (AvgIpc) is 1.68. The molecule has 0 aromatic carbocycles. The molecule has 7 heavy (non-hydrogen) atoms. The summed E-state index contributed by atoms with van der Waals surface area (Å²) in [6.45, 7) is 0. The Bertz CT molecular complexity index is 72.1. The predicted octanol–water partition coefficient (Wildman–Crippen LogP) is -0.214. The van der Waals surface area contributed by atoms with Crippen molar-refractivity contribution in [2.24, 2.45) is 10.6 Å². The lowest BCUT2D eigenvalue weighted by atomic mass is 11.4. The zero-order chi connectivity index (χ0) is 5.70. The van der Waals surface area contributed by atoms with Gasteiger partial charge in [-0.25, -0.2) is 0 Å². The Kier molecular flexibility index (Phi) is 2.49. The van der Waals surface area contributed by atoms with Crippen LogP contribution in [-0.4, -0.2) is 12.2 Å². The van der Waals surface area contributed by atoms with Crippen LogP contribution in [0.5, 0.6) is 0 Å². The van der Waals surface area contributed by atoms with Gasteiger partial charge in [-0.1, -0.05) is 0 Å². The molecule has 0 aromatic heterocycles. The van der Waals surface area contributed by atoms with Gasteiger partial charge in [-0.3, -0.25) is 0 Å². The van der Waals surface area contributed by atoms with Crippen molar-refractivity contribution < 1.29 is 0 Å². The van der Waals surface area contributed by atoms with Crippen molar-refractivity contribution in [3.05, 3.63) is 9.81 Å². The summed E-state index contributed by atoms with van der Waals surface area (Å²) in [7, 11) is 1.26. The van der Waals surface area contributed by atoms with Crippen LogP contribution in [0.15, 0.2) is 10.6 Å². The Labute approximate surface area is 39.3 Å². The molecule has 0 radical (unpaired) electrons. The molecule has 0 atom stereocenters. The van der Waals surface area contributed by atoms with Gasteiger partial charge in [0.05, 0.1) is 17.6 Å². The molecule has 0 spiro atoms. The van der Waals surface area contributed by atoms with Crippen LogP contribution in [0.4, 0.5) is 0 Å². The van der Waals surface area contributed by atoms with Gasteiger partial charge in [-0.2, -0.15) is 10.7 Å². The zero-order valence-corrected chi connectivity index (χ0v) is 3.66. The van der Waals surface area contributed by atoms with Crippen LogP contribution in [0.3, 0.4) is 0 Å². The summed E-state index contributed by atoms with van der Waals surface area (Å²) in [4.78, 5) is 18.5. The zero-order valence-electron chi connectivity index (χ0n) is 3.66. The van der Waals surface area contributed by atoms with E-state index in [1.165, 1.54) is 7.05 Å². The number of nitroso groups, excluding NO2 is 2. The molecule has 0 amide bonds. The molecule has 40 valence electrons. The second-order valence-electron chi connectivity index (χ2n) is 0.797. The smallest absolute Gasteiger partial charge is 0.0743 e. The summed E-state index contributed by atoms with van der Waals surface area (Å²) in [6.07, 6.45) is 0. The summed E-state index contributed by atoms with van der Waals surface area (Å²) in [6, 6.07) is 0. The number of hydrogen-bond donors (Lipinski definition) is 1. The van der Waals surface area contributed by atoms with Gasteiger partial charge in [0.15, 0.2) is 0 Å². The minimum atomic E-state index is 0.646. The SMILES string of the molecule is CN(N=O)NN=O. The van der Waals surface area contributed by atoms with E-state index in [0.717, 1.165) is 0 Å². The number of rotatable bonds is 3. The average molecular weight is 104 g/mol. The summed E-state index contributed by atoms with van der Waals surface area (Å²) in [5, 5.41) is 5.04. The lowest BCUT2D eigenvalue weighted by molar-refractivity contribution is 0.248. The van der Waals surface area contributed by atoms with Crippen LogP contribution < -0.4 is 5.53 Å². The molecule has 0 unspecified atom stereocenters. The fourth-order valence-electron chi connectivity index (χ4n) is 0.0773. The summed E-state index contributed by atoms with van der Waals surface area (Å²) < 4.78 is 0. The largest absolute Gasteiger partial charge is 0.163 e. The highest BCUT2D eigenvalue weighted by Gasteiger charge is 1.83. The van der Waals surface area contributed by atoms with Crippen LogP contribution in [0.2, 0.25) is 0 Å². The van der Waals surface area contributed by atoms with Crippen molar-refractivity contribution >= 4 is 0 Å². The topological polar surface area (TPSA) is 74.1 Å². The Morgan fingerprint density at radius 1 is 1.57 bits per heavy atom. The Morgan fingerprint density at radius 2 is 2.14 bits per heavy atom. The van der Waals surface area contributed by atoms with E-state index in [0.29, 0.717) is 5.12 Å². The van der Waals surface area contributed by atoms with Crippen LogP contribution in [0.25, 0.3) is 0 Å². The van der Waals surface area contributed by atoms with Gasteiger partial charge >= 0.3 is 0 Å². The fraction of sp³-hybridized carbons (Fsp3) is 1.00.